The lowest BCUT2D eigenvalue weighted by Crippen LogP contribution is -2.26. The summed E-state index contributed by atoms with van der Waals surface area (Å²) < 4.78 is 8.45. The maximum absolute atomic E-state index is 11.6. The number of nitrogens with two attached hydrogens (primary N) is 1. The number of aromatic nitrogens is 3. The summed E-state index contributed by atoms with van der Waals surface area (Å²) >= 11 is 0. The van der Waals surface area contributed by atoms with Gasteiger partial charge < -0.3 is 25.5 Å². The van der Waals surface area contributed by atoms with Gasteiger partial charge in [0, 0.05) is 42.9 Å². The van der Waals surface area contributed by atoms with Crippen molar-refractivity contribution in [3.05, 3.63) is 24.3 Å². The average molecular weight is 427 g/mol. The Labute approximate surface area is 181 Å². The van der Waals surface area contributed by atoms with Crippen molar-refractivity contribution in [2.45, 2.75) is 57.7 Å². The number of aliphatic hydroxyl groups is 1. The highest BCUT2D eigenvalue weighted by molar-refractivity contribution is 6.09. The van der Waals surface area contributed by atoms with Gasteiger partial charge in [-0.1, -0.05) is 0 Å². The fourth-order valence-corrected chi connectivity index (χ4v) is 3.60. The van der Waals surface area contributed by atoms with Crippen LogP contribution in [0.2, 0.25) is 0 Å². The summed E-state index contributed by atoms with van der Waals surface area (Å²) in [6.07, 6.45) is 7.37. The first kappa shape index (κ1) is 21.3. The Hall–Kier alpha value is -2.94. The molecule has 0 aromatic carbocycles. The van der Waals surface area contributed by atoms with E-state index in [-0.39, 0.29) is 24.5 Å². The molecular formula is C22H30N6O3. The van der Waals surface area contributed by atoms with Gasteiger partial charge in [0.05, 0.1) is 29.7 Å². The fourth-order valence-electron chi connectivity index (χ4n) is 3.60. The molecule has 0 radical (unpaired) electrons. The van der Waals surface area contributed by atoms with Gasteiger partial charge in [0.2, 0.25) is 11.8 Å². The van der Waals surface area contributed by atoms with Crippen molar-refractivity contribution in [2.24, 2.45) is 16.6 Å². The van der Waals surface area contributed by atoms with Crippen LogP contribution in [0.1, 0.15) is 51.8 Å². The average Bonchev–Trinajstić information content (AvgIpc) is 3.34. The molecule has 1 saturated heterocycles. The Morgan fingerprint density at radius 2 is 2.29 bits per heavy atom. The molecule has 1 saturated carbocycles. The van der Waals surface area contributed by atoms with Crippen molar-refractivity contribution < 1.29 is 14.6 Å². The highest BCUT2D eigenvalue weighted by Gasteiger charge is 2.31. The number of pyridine rings is 1. The third-order valence-electron chi connectivity index (χ3n) is 5.85. The summed E-state index contributed by atoms with van der Waals surface area (Å²) in [7, 11) is 0. The summed E-state index contributed by atoms with van der Waals surface area (Å²) in [5.74, 6) is 0.617. The van der Waals surface area contributed by atoms with E-state index in [9.17, 15) is 9.90 Å². The van der Waals surface area contributed by atoms with E-state index in [1.165, 1.54) is 6.20 Å². The van der Waals surface area contributed by atoms with Crippen molar-refractivity contribution in [3.63, 3.8) is 0 Å². The van der Waals surface area contributed by atoms with Crippen molar-refractivity contribution in [2.75, 3.05) is 13.2 Å². The largest absolute Gasteiger partial charge is 0.473 e. The lowest BCUT2D eigenvalue weighted by Gasteiger charge is -2.20. The molecule has 2 aromatic heterocycles. The summed E-state index contributed by atoms with van der Waals surface area (Å²) in [6.45, 7) is 6.15. The van der Waals surface area contributed by atoms with Gasteiger partial charge in [-0.3, -0.25) is 9.79 Å². The zero-order valence-electron chi connectivity index (χ0n) is 18.2. The van der Waals surface area contributed by atoms with E-state index in [1.54, 1.807) is 6.21 Å². The van der Waals surface area contributed by atoms with E-state index in [0.717, 1.165) is 23.9 Å². The molecule has 4 N–H and O–H groups in total. The lowest BCUT2D eigenvalue weighted by atomic mass is 10.0. The zero-order chi connectivity index (χ0) is 22.2. The molecule has 4 rings (SSSR count). The second kappa shape index (κ2) is 8.30. The number of carbonyl (C=O) groups is 1. The third-order valence-corrected chi connectivity index (χ3v) is 5.85. The maximum atomic E-state index is 11.6. The highest BCUT2D eigenvalue weighted by atomic mass is 16.5. The number of nitrogens with zero attached hydrogens (tertiary/aromatic N) is 4. The summed E-state index contributed by atoms with van der Waals surface area (Å²) in [5, 5.41) is 12.3. The van der Waals surface area contributed by atoms with Crippen LogP contribution in [0.15, 0.2) is 23.6 Å². The summed E-state index contributed by atoms with van der Waals surface area (Å²) in [5.41, 5.74) is 8.10. The molecule has 0 bridgehead atoms. The molecule has 2 aromatic rings. The predicted octanol–water partition coefficient (Wildman–Crippen LogP) is 1.81. The molecule has 0 unspecified atom stereocenters. The quantitative estimate of drug-likeness (QED) is 0.553. The predicted molar refractivity (Wildman–Crippen MR) is 119 cm³/mol. The first-order valence-electron chi connectivity index (χ1n) is 10.7. The smallest absolute Gasteiger partial charge is 0.241 e. The molecule has 1 aliphatic heterocycles. The van der Waals surface area contributed by atoms with E-state index < -0.39 is 5.54 Å². The van der Waals surface area contributed by atoms with Crippen LogP contribution in [-0.2, 0) is 4.79 Å². The highest BCUT2D eigenvalue weighted by Crippen LogP contribution is 2.40. The standard InChI is InChI=1S/C22H30N6O3/c1-13(14-6-19(30)24-9-14)31-21-20-18(25-12-28(20)16-4-5-16)7-17(27-21)15(8-23)10-26-22(2,3)11-29/h7-8,10,12-14,16,29H,4-6,9,11,23H2,1-3H3,(H,24,30)/t13-,14-/m1/s1. The number of rotatable bonds is 8. The van der Waals surface area contributed by atoms with Crippen molar-refractivity contribution in [1.82, 2.24) is 19.9 Å². The number of hydrogen-bond donors (Lipinski definition) is 3. The van der Waals surface area contributed by atoms with E-state index in [4.69, 9.17) is 15.5 Å². The SMILES string of the molecule is C[C@@H](Oc1nc(C(C=NC(C)(C)CO)=CN)cc2ncn(C3CC3)c12)[C@H]1CNC(=O)C1. The number of amides is 1. The second-order valence-corrected chi connectivity index (χ2v) is 9.01. The number of nitrogens with one attached hydrogen (secondary N) is 1. The molecule has 2 aliphatic rings. The number of carbonyl (C=O) groups excluding carboxylic acids is 1. The Balaban J connectivity index is 1.71. The third kappa shape index (κ3) is 4.56. The van der Waals surface area contributed by atoms with E-state index in [2.05, 4.69) is 19.9 Å². The van der Waals surface area contributed by atoms with Crippen LogP contribution >= 0.6 is 0 Å². The summed E-state index contributed by atoms with van der Waals surface area (Å²) in [6, 6.07) is 2.30. The first-order valence-corrected chi connectivity index (χ1v) is 10.7. The van der Waals surface area contributed by atoms with Crippen LogP contribution in [0.25, 0.3) is 16.6 Å². The van der Waals surface area contributed by atoms with Crippen LogP contribution in [-0.4, -0.2) is 56.6 Å². The van der Waals surface area contributed by atoms with Crippen molar-refractivity contribution >= 4 is 28.7 Å². The van der Waals surface area contributed by atoms with E-state index >= 15 is 0 Å². The molecule has 0 spiro atoms. The monoisotopic (exact) mass is 426 g/mol. The molecule has 166 valence electrons. The van der Waals surface area contributed by atoms with Crippen LogP contribution in [0, 0.1) is 5.92 Å². The second-order valence-electron chi connectivity index (χ2n) is 9.01. The fraction of sp³-hybridized carbons (Fsp3) is 0.545. The number of imidazole rings is 1. The van der Waals surface area contributed by atoms with Gasteiger partial charge in [-0.05, 0) is 39.7 Å². The van der Waals surface area contributed by atoms with Gasteiger partial charge in [-0.25, -0.2) is 9.97 Å². The van der Waals surface area contributed by atoms with E-state index in [1.807, 2.05) is 33.2 Å². The number of ether oxygens (including phenoxy) is 1. The normalized spacial score (nSPS) is 21.1. The van der Waals surface area contributed by atoms with Crippen LogP contribution in [0.4, 0.5) is 0 Å². The first-order chi connectivity index (χ1) is 14.8. The van der Waals surface area contributed by atoms with Gasteiger partial charge in [0.25, 0.3) is 0 Å². The number of aliphatic hydroxyl groups excluding tert-OH is 1. The minimum atomic E-state index is -0.623. The van der Waals surface area contributed by atoms with Gasteiger partial charge in [-0.2, -0.15) is 0 Å². The van der Waals surface area contributed by atoms with Gasteiger partial charge in [-0.15, -0.1) is 0 Å². The Kier molecular flexibility index (Phi) is 5.70. The molecule has 9 heteroatoms. The molecule has 31 heavy (non-hydrogen) atoms. The summed E-state index contributed by atoms with van der Waals surface area (Å²) in [4.78, 5) is 25.4. The molecule has 3 heterocycles. The number of aliphatic imine (C=N–C) groups is 1. The molecule has 9 nitrogen and oxygen atoms in total. The Morgan fingerprint density at radius 3 is 2.90 bits per heavy atom. The van der Waals surface area contributed by atoms with Crippen LogP contribution in [0.3, 0.4) is 0 Å². The number of fused-ring (bicyclic) bond motifs is 1. The van der Waals surface area contributed by atoms with Gasteiger partial charge in [0.15, 0.2) is 0 Å². The maximum Gasteiger partial charge on any atom is 0.241 e. The molecular weight excluding hydrogens is 396 g/mol. The molecule has 2 fully saturated rings. The minimum absolute atomic E-state index is 0.0476. The van der Waals surface area contributed by atoms with E-state index in [0.29, 0.717) is 36.2 Å². The van der Waals surface area contributed by atoms with Crippen molar-refractivity contribution in [3.8, 4) is 5.88 Å². The Bertz CT molecular complexity index is 1040. The zero-order valence-corrected chi connectivity index (χ0v) is 18.2. The topological polar surface area (TPSA) is 128 Å². The Morgan fingerprint density at radius 1 is 1.52 bits per heavy atom. The van der Waals surface area contributed by atoms with Gasteiger partial charge in [0.1, 0.15) is 11.6 Å². The molecule has 2 atom stereocenters. The van der Waals surface area contributed by atoms with Gasteiger partial charge >= 0.3 is 0 Å². The van der Waals surface area contributed by atoms with Crippen molar-refractivity contribution in [1.29, 1.82) is 0 Å². The lowest BCUT2D eigenvalue weighted by molar-refractivity contribution is -0.119. The van der Waals surface area contributed by atoms with Crippen LogP contribution < -0.4 is 15.8 Å². The molecule has 1 aliphatic carbocycles. The van der Waals surface area contributed by atoms with Crippen LogP contribution in [0.5, 0.6) is 5.88 Å². The minimum Gasteiger partial charge on any atom is -0.473 e. The molecule has 1 amide bonds. The number of hydrogen-bond acceptors (Lipinski definition) is 7. The number of allylic oxidation sites excluding steroid dienone is 1.